The molecule has 1 aromatic carbocycles. The average molecular weight is 249 g/mol. The summed E-state index contributed by atoms with van der Waals surface area (Å²) in [6, 6.07) is 8.31. The second-order valence-electron chi connectivity index (χ2n) is 6.17. The Hall–Kier alpha value is -1.35. The SMILES string of the molecule is CC(N)(CCc1ccc(C(C)(C)C)cc1)C(=O)O. The van der Waals surface area contributed by atoms with Crippen LogP contribution in [-0.4, -0.2) is 16.6 Å². The molecule has 0 aliphatic rings. The van der Waals surface area contributed by atoms with Crippen LogP contribution in [-0.2, 0) is 16.6 Å². The maximum absolute atomic E-state index is 10.9. The molecule has 0 aliphatic carbocycles. The fraction of sp³-hybridized carbons (Fsp3) is 0.533. The Kier molecular flexibility index (Phi) is 4.17. The predicted octanol–water partition coefficient (Wildman–Crippen LogP) is 2.72. The van der Waals surface area contributed by atoms with E-state index in [9.17, 15) is 4.79 Å². The Morgan fingerprint density at radius 2 is 1.67 bits per heavy atom. The molecule has 0 spiro atoms. The largest absolute Gasteiger partial charge is 0.480 e. The second-order valence-corrected chi connectivity index (χ2v) is 6.17. The molecule has 0 saturated heterocycles. The highest BCUT2D eigenvalue weighted by molar-refractivity contribution is 5.77. The molecule has 18 heavy (non-hydrogen) atoms. The Morgan fingerprint density at radius 1 is 1.17 bits per heavy atom. The second kappa shape index (κ2) is 5.11. The van der Waals surface area contributed by atoms with Gasteiger partial charge in [-0.2, -0.15) is 0 Å². The van der Waals surface area contributed by atoms with Crippen molar-refractivity contribution in [3.05, 3.63) is 35.4 Å². The number of aliphatic carboxylic acids is 1. The number of carboxylic acids is 1. The molecule has 0 heterocycles. The summed E-state index contributed by atoms with van der Waals surface area (Å²) in [5, 5.41) is 8.95. The van der Waals surface area contributed by atoms with Crippen molar-refractivity contribution < 1.29 is 9.90 Å². The van der Waals surface area contributed by atoms with E-state index in [4.69, 9.17) is 10.8 Å². The number of nitrogens with two attached hydrogens (primary N) is 1. The lowest BCUT2D eigenvalue weighted by molar-refractivity contribution is -0.142. The van der Waals surface area contributed by atoms with Crippen LogP contribution in [0.3, 0.4) is 0 Å². The maximum atomic E-state index is 10.9. The van der Waals surface area contributed by atoms with Crippen molar-refractivity contribution >= 4 is 5.97 Å². The summed E-state index contributed by atoms with van der Waals surface area (Å²) in [6.45, 7) is 8.06. The van der Waals surface area contributed by atoms with Crippen molar-refractivity contribution in [3.63, 3.8) is 0 Å². The van der Waals surface area contributed by atoms with Gasteiger partial charge in [0.2, 0.25) is 0 Å². The first-order chi connectivity index (χ1) is 8.13. The van der Waals surface area contributed by atoms with E-state index in [2.05, 4.69) is 45.0 Å². The minimum atomic E-state index is -1.15. The highest BCUT2D eigenvalue weighted by Gasteiger charge is 2.27. The van der Waals surface area contributed by atoms with E-state index in [-0.39, 0.29) is 5.41 Å². The van der Waals surface area contributed by atoms with Gasteiger partial charge >= 0.3 is 5.97 Å². The highest BCUT2D eigenvalue weighted by atomic mass is 16.4. The zero-order valence-corrected chi connectivity index (χ0v) is 11.7. The lowest BCUT2D eigenvalue weighted by Crippen LogP contribution is -2.45. The number of benzene rings is 1. The van der Waals surface area contributed by atoms with Crippen LogP contribution in [0.5, 0.6) is 0 Å². The molecule has 3 nitrogen and oxygen atoms in total. The van der Waals surface area contributed by atoms with Crippen molar-refractivity contribution in [2.24, 2.45) is 5.73 Å². The monoisotopic (exact) mass is 249 g/mol. The fourth-order valence-electron chi connectivity index (χ4n) is 1.68. The normalized spacial score (nSPS) is 15.2. The summed E-state index contributed by atoms with van der Waals surface area (Å²) < 4.78 is 0. The molecule has 0 radical (unpaired) electrons. The summed E-state index contributed by atoms with van der Waals surface area (Å²) in [4.78, 5) is 10.9. The van der Waals surface area contributed by atoms with Crippen molar-refractivity contribution in [2.45, 2.75) is 51.5 Å². The number of carbonyl (C=O) groups is 1. The Morgan fingerprint density at radius 3 is 2.06 bits per heavy atom. The molecule has 0 bridgehead atoms. The van der Waals surface area contributed by atoms with Crippen LogP contribution in [0.25, 0.3) is 0 Å². The molecule has 0 amide bonds. The third kappa shape index (κ3) is 3.84. The van der Waals surface area contributed by atoms with Crippen LogP contribution in [0.1, 0.15) is 45.2 Å². The molecule has 3 N–H and O–H groups in total. The van der Waals surface area contributed by atoms with Gasteiger partial charge in [0.05, 0.1) is 0 Å². The van der Waals surface area contributed by atoms with E-state index >= 15 is 0 Å². The fourth-order valence-corrected chi connectivity index (χ4v) is 1.68. The lowest BCUT2D eigenvalue weighted by atomic mass is 9.86. The van der Waals surface area contributed by atoms with E-state index in [1.54, 1.807) is 6.92 Å². The predicted molar refractivity (Wildman–Crippen MR) is 73.7 cm³/mol. The van der Waals surface area contributed by atoms with Gasteiger partial charge in [-0.3, -0.25) is 4.79 Å². The number of hydrogen-bond donors (Lipinski definition) is 2. The molecular formula is C15H23NO2. The van der Waals surface area contributed by atoms with Crippen LogP contribution in [0.4, 0.5) is 0 Å². The van der Waals surface area contributed by atoms with Gasteiger partial charge < -0.3 is 10.8 Å². The molecule has 0 saturated carbocycles. The van der Waals surface area contributed by atoms with Crippen molar-refractivity contribution in [1.29, 1.82) is 0 Å². The maximum Gasteiger partial charge on any atom is 0.323 e. The molecule has 100 valence electrons. The van der Waals surface area contributed by atoms with Crippen LogP contribution < -0.4 is 5.73 Å². The molecule has 0 fully saturated rings. The molecule has 0 aromatic heterocycles. The van der Waals surface area contributed by atoms with E-state index in [0.29, 0.717) is 12.8 Å². The summed E-state index contributed by atoms with van der Waals surface area (Å²) in [6.07, 6.45) is 1.13. The van der Waals surface area contributed by atoms with Crippen LogP contribution >= 0.6 is 0 Å². The van der Waals surface area contributed by atoms with Gasteiger partial charge in [-0.1, -0.05) is 45.0 Å². The van der Waals surface area contributed by atoms with Gasteiger partial charge in [-0.05, 0) is 36.3 Å². The summed E-state index contributed by atoms with van der Waals surface area (Å²) in [5.74, 6) is -0.950. The Labute approximate surface area is 109 Å². The minimum absolute atomic E-state index is 0.141. The minimum Gasteiger partial charge on any atom is -0.480 e. The smallest absolute Gasteiger partial charge is 0.323 e. The first-order valence-corrected chi connectivity index (χ1v) is 6.24. The van der Waals surface area contributed by atoms with Crippen LogP contribution in [0.2, 0.25) is 0 Å². The lowest BCUT2D eigenvalue weighted by Gasteiger charge is -2.21. The summed E-state index contributed by atoms with van der Waals surface area (Å²) >= 11 is 0. The molecule has 3 heteroatoms. The standard InChI is InChI=1S/C15H23NO2/c1-14(2,3)12-7-5-11(6-8-12)9-10-15(4,16)13(17)18/h5-8H,9-10,16H2,1-4H3,(H,17,18). The number of rotatable bonds is 4. The average Bonchev–Trinajstić information content (AvgIpc) is 2.25. The van der Waals surface area contributed by atoms with E-state index in [1.807, 2.05) is 0 Å². The first-order valence-electron chi connectivity index (χ1n) is 6.24. The molecule has 1 aromatic rings. The Balaban J connectivity index is 2.68. The van der Waals surface area contributed by atoms with Gasteiger partial charge in [0, 0.05) is 0 Å². The highest BCUT2D eigenvalue weighted by Crippen LogP contribution is 2.23. The first kappa shape index (κ1) is 14.7. The number of carboxylic acid groups (broad SMARTS) is 1. The summed E-state index contributed by atoms with van der Waals surface area (Å²) in [7, 11) is 0. The zero-order valence-electron chi connectivity index (χ0n) is 11.7. The molecule has 0 aliphatic heterocycles. The Bertz CT molecular complexity index is 413. The van der Waals surface area contributed by atoms with Gasteiger partial charge in [-0.25, -0.2) is 0 Å². The molecule has 1 atom stereocenters. The van der Waals surface area contributed by atoms with Crippen molar-refractivity contribution in [2.75, 3.05) is 0 Å². The number of hydrogen-bond acceptors (Lipinski definition) is 2. The van der Waals surface area contributed by atoms with Crippen LogP contribution in [0, 0.1) is 0 Å². The van der Waals surface area contributed by atoms with Crippen molar-refractivity contribution in [3.8, 4) is 0 Å². The van der Waals surface area contributed by atoms with E-state index in [0.717, 1.165) is 5.56 Å². The number of aryl methyl sites for hydroxylation is 1. The van der Waals surface area contributed by atoms with Crippen LogP contribution in [0.15, 0.2) is 24.3 Å². The van der Waals surface area contributed by atoms with Gasteiger partial charge in [0.25, 0.3) is 0 Å². The quantitative estimate of drug-likeness (QED) is 0.862. The topological polar surface area (TPSA) is 63.3 Å². The molecule has 1 unspecified atom stereocenters. The van der Waals surface area contributed by atoms with Gasteiger partial charge in [-0.15, -0.1) is 0 Å². The zero-order chi connectivity index (χ0) is 14.0. The summed E-state index contributed by atoms with van der Waals surface area (Å²) in [5.41, 5.74) is 7.10. The van der Waals surface area contributed by atoms with E-state index in [1.165, 1.54) is 5.56 Å². The van der Waals surface area contributed by atoms with Crippen molar-refractivity contribution in [1.82, 2.24) is 0 Å². The van der Waals surface area contributed by atoms with E-state index < -0.39 is 11.5 Å². The third-order valence-electron chi connectivity index (χ3n) is 3.24. The molecular weight excluding hydrogens is 226 g/mol. The third-order valence-corrected chi connectivity index (χ3v) is 3.24. The molecule has 1 rings (SSSR count). The van der Waals surface area contributed by atoms with Gasteiger partial charge in [0.15, 0.2) is 0 Å². The van der Waals surface area contributed by atoms with Gasteiger partial charge in [0.1, 0.15) is 5.54 Å².